The van der Waals surface area contributed by atoms with Gasteiger partial charge in [-0.3, -0.25) is 9.48 Å². The van der Waals surface area contributed by atoms with Gasteiger partial charge in [0.1, 0.15) is 5.60 Å². The van der Waals surface area contributed by atoms with Crippen LogP contribution < -0.4 is 5.32 Å². The molecule has 2 aromatic rings. The number of piperidine rings is 1. The number of para-hydroxylation sites is 1. The molecule has 2 amide bonds. The van der Waals surface area contributed by atoms with Crippen molar-refractivity contribution in [1.29, 1.82) is 0 Å². The summed E-state index contributed by atoms with van der Waals surface area (Å²) in [5.74, 6) is -0.249. The number of fused-ring (bicyclic) bond motifs is 1. The molecule has 2 fully saturated rings. The number of ether oxygens (including phenoxy) is 2. The minimum atomic E-state index is -0.859. The highest BCUT2D eigenvalue weighted by atomic mass is 16.6. The van der Waals surface area contributed by atoms with Crippen LogP contribution in [0.15, 0.2) is 24.3 Å². The number of likely N-dealkylation sites (tertiary alicyclic amines) is 1. The molecule has 4 rings (SSSR count). The van der Waals surface area contributed by atoms with Crippen LogP contribution in [-0.2, 0) is 9.47 Å². The Balaban J connectivity index is 1.51. The second-order valence-corrected chi connectivity index (χ2v) is 11.5. The molecule has 0 saturated carbocycles. The second-order valence-electron chi connectivity index (χ2n) is 11.5. The number of benzene rings is 1. The first-order valence-electron chi connectivity index (χ1n) is 13.0. The van der Waals surface area contributed by atoms with E-state index < -0.39 is 17.3 Å². The number of aliphatic hydroxyl groups is 1. The van der Waals surface area contributed by atoms with E-state index in [4.69, 9.17) is 9.47 Å². The summed E-state index contributed by atoms with van der Waals surface area (Å²) < 4.78 is 13.0. The lowest BCUT2D eigenvalue weighted by atomic mass is 9.83. The monoisotopic (exact) mass is 500 g/mol. The molecule has 9 nitrogen and oxygen atoms in total. The van der Waals surface area contributed by atoms with E-state index in [9.17, 15) is 14.7 Å². The summed E-state index contributed by atoms with van der Waals surface area (Å²) in [4.78, 5) is 28.2. The molecule has 2 aliphatic heterocycles. The number of hydrogen-bond donors (Lipinski definition) is 2. The van der Waals surface area contributed by atoms with E-state index in [1.807, 2.05) is 63.6 Å². The van der Waals surface area contributed by atoms with E-state index in [1.165, 1.54) is 0 Å². The average molecular weight is 501 g/mol. The molecular formula is C27H40N4O5. The van der Waals surface area contributed by atoms with Gasteiger partial charge in [0.25, 0.3) is 5.91 Å². The maximum atomic E-state index is 13.3. The third kappa shape index (κ3) is 6.00. The molecule has 2 aliphatic rings. The Hall–Kier alpha value is -2.65. The average Bonchev–Trinajstić information content (AvgIpc) is 3.19. The fourth-order valence-corrected chi connectivity index (χ4v) is 5.20. The van der Waals surface area contributed by atoms with Crippen molar-refractivity contribution in [3.8, 4) is 0 Å². The molecule has 2 atom stereocenters. The summed E-state index contributed by atoms with van der Waals surface area (Å²) in [7, 11) is 0. The van der Waals surface area contributed by atoms with Gasteiger partial charge in [-0.2, -0.15) is 5.10 Å². The number of nitrogens with one attached hydrogen (secondary N) is 1. The number of hydrogen-bond acceptors (Lipinski definition) is 6. The molecule has 36 heavy (non-hydrogen) atoms. The number of carbonyl (C=O) groups is 2. The van der Waals surface area contributed by atoms with Crippen molar-refractivity contribution >= 4 is 22.9 Å². The van der Waals surface area contributed by atoms with Crippen LogP contribution in [0, 0.1) is 0 Å². The maximum Gasteiger partial charge on any atom is 0.410 e. The Morgan fingerprint density at radius 1 is 1.22 bits per heavy atom. The van der Waals surface area contributed by atoms with Gasteiger partial charge in [-0.1, -0.05) is 18.2 Å². The van der Waals surface area contributed by atoms with Crippen LogP contribution in [0.5, 0.6) is 0 Å². The number of rotatable bonds is 5. The Kier molecular flexibility index (Phi) is 7.61. The Labute approximate surface area is 213 Å². The molecule has 1 aromatic heterocycles. The summed E-state index contributed by atoms with van der Waals surface area (Å²) in [6, 6.07) is 7.43. The zero-order valence-corrected chi connectivity index (χ0v) is 22.1. The smallest absolute Gasteiger partial charge is 0.410 e. The van der Waals surface area contributed by atoms with E-state index in [-0.39, 0.29) is 24.0 Å². The summed E-state index contributed by atoms with van der Waals surface area (Å²) >= 11 is 0. The third-order valence-electron chi connectivity index (χ3n) is 7.03. The van der Waals surface area contributed by atoms with Crippen LogP contribution in [0.4, 0.5) is 4.79 Å². The van der Waals surface area contributed by atoms with Crippen LogP contribution in [0.1, 0.15) is 83.3 Å². The first kappa shape index (κ1) is 26.4. The molecule has 9 heteroatoms. The highest BCUT2D eigenvalue weighted by Crippen LogP contribution is 2.32. The molecule has 0 bridgehead atoms. The van der Waals surface area contributed by atoms with Gasteiger partial charge in [-0.15, -0.1) is 0 Å². The van der Waals surface area contributed by atoms with Crippen LogP contribution >= 0.6 is 0 Å². The Bertz CT molecular complexity index is 1080. The van der Waals surface area contributed by atoms with Gasteiger partial charge in [0, 0.05) is 43.3 Å². The highest BCUT2D eigenvalue weighted by Gasteiger charge is 2.41. The molecule has 0 unspecified atom stereocenters. The van der Waals surface area contributed by atoms with E-state index in [1.54, 1.807) is 4.90 Å². The van der Waals surface area contributed by atoms with E-state index in [0.717, 1.165) is 10.9 Å². The van der Waals surface area contributed by atoms with Gasteiger partial charge in [-0.25, -0.2) is 4.79 Å². The molecule has 1 aromatic carbocycles. The lowest BCUT2D eigenvalue weighted by molar-refractivity contribution is -0.0848. The third-order valence-corrected chi connectivity index (χ3v) is 7.03. The zero-order valence-electron chi connectivity index (χ0n) is 22.1. The van der Waals surface area contributed by atoms with Gasteiger partial charge in [0.2, 0.25) is 0 Å². The number of aromatic nitrogens is 2. The van der Waals surface area contributed by atoms with Crippen molar-refractivity contribution < 1.29 is 24.2 Å². The molecule has 3 heterocycles. The maximum absolute atomic E-state index is 13.3. The second kappa shape index (κ2) is 10.4. The first-order chi connectivity index (χ1) is 17.0. The molecule has 2 N–H and O–H groups in total. The lowest BCUT2D eigenvalue weighted by Crippen LogP contribution is -2.57. The lowest BCUT2D eigenvalue weighted by Gasteiger charge is -2.44. The van der Waals surface area contributed by atoms with Gasteiger partial charge in [-0.05, 0) is 72.8 Å². The normalized spacial score (nSPS) is 22.6. The Morgan fingerprint density at radius 2 is 1.92 bits per heavy atom. The molecule has 0 radical (unpaired) electrons. The van der Waals surface area contributed by atoms with Crippen molar-refractivity contribution in [3.05, 3.63) is 30.0 Å². The van der Waals surface area contributed by atoms with Crippen molar-refractivity contribution in [1.82, 2.24) is 20.0 Å². The van der Waals surface area contributed by atoms with E-state index in [2.05, 4.69) is 10.4 Å². The van der Waals surface area contributed by atoms with Crippen LogP contribution in [0.3, 0.4) is 0 Å². The van der Waals surface area contributed by atoms with Gasteiger partial charge in [0.15, 0.2) is 5.69 Å². The predicted molar refractivity (Wildman–Crippen MR) is 137 cm³/mol. The molecular weight excluding hydrogens is 460 g/mol. The summed E-state index contributed by atoms with van der Waals surface area (Å²) in [6.45, 7) is 10.9. The predicted octanol–water partition coefficient (Wildman–Crippen LogP) is 4.05. The quantitative estimate of drug-likeness (QED) is 0.642. The molecule has 2 saturated heterocycles. The van der Waals surface area contributed by atoms with Crippen molar-refractivity contribution in [2.45, 2.75) is 96.1 Å². The minimum absolute atomic E-state index is 0.116. The topological polar surface area (TPSA) is 106 Å². The fraction of sp³-hybridized carbons (Fsp3) is 0.667. The van der Waals surface area contributed by atoms with Crippen molar-refractivity contribution in [3.63, 3.8) is 0 Å². The summed E-state index contributed by atoms with van der Waals surface area (Å²) in [5, 5.41) is 19.7. The highest BCUT2D eigenvalue weighted by molar-refractivity contribution is 6.05. The molecule has 0 aliphatic carbocycles. The van der Waals surface area contributed by atoms with Gasteiger partial charge >= 0.3 is 6.09 Å². The fourth-order valence-electron chi connectivity index (χ4n) is 5.20. The Morgan fingerprint density at radius 3 is 2.58 bits per heavy atom. The van der Waals surface area contributed by atoms with Crippen molar-refractivity contribution in [2.75, 3.05) is 19.8 Å². The summed E-state index contributed by atoms with van der Waals surface area (Å²) in [5.41, 5.74) is -0.194. The largest absolute Gasteiger partial charge is 0.444 e. The standard InChI is InChI=1S/C27H40N4O5/c1-18(2)31-22-9-7-6-8-21(22)23(29-31)24(32)28-19-10-11-20(16-27(34)12-14-35-15-13-27)30(17-19)25(33)36-26(3,4)5/h6-9,18-20,34H,10-17H2,1-5H3,(H,28,32)/t19-,20-/m0/s1. The summed E-state index contributed by atoms with van der Waals surface area (Å²) in [6.07, 6.45) is 2.52. The number of carbonyl (C=O) groups excluding carboxylic acids is 2. The van der Waals surface area contributed by atoms with E-state index >= 15 is 0 Å². The van der Waals surface area contributed by atoms with Crippen LogP contribution in [0.25, 0.3) is 10.9 Å². The van der Waals surface area contributed by atoms with Crippen LogP contribution in [0.2, 0.25) is 0 Å². The first-order valence-corrected chi connectivity index (χ1v) is 13.0. The van der Waals surface area contributed by atoms with Crippen LogP contribution in [-0.4, -0.2) is 74.8 Å². The SMILES string of the molecule is CC(C)n1nc(C(=O)N[C@H]2CC[C@@H](CC3(O)CCOCC3)N(C(=O)OC(C)(C)C)C2)c2ccccc21. The molecule has 0 spiro atoms. The zero-order chi connectivity index (χ0) is 26.1. The number of nitrogens with zero attached hydrogens (tertiary/aromatic N) is 3. The minimum Gasteiger partial charge on any atom is -0.444 e. The number of amides is 2. The van der Waals surface area contributed by atoms with Gasteiger partial charge < -0.3 is 24.8 Å². The van der Waals surface area contributed by atoms with Crippen molar-refractivity contribution in [2.24, 2.45) is 0 Å². The van der Waals surface area contributed by atoms with Gasteiger partial charge in [0.05, 0.1) is 11.1 Å². The van der Waals surface area contributed by atoms with E-state index in [0.29, 0.717) is 57.6 Å². The molecule has 198 valence electrons.